The van der Waals surface area contributed by atoms with E-state index in [1.165, 1.54) is 6.33 Å². The fourth-order valence-electron chi connectivity index (χ4n) is 2.27. The first-order chi connectivity index (χ1) is 9.85. The van der Waals surface area contributed by atoms with Gasteiger partial charge in [0, 0.05) is 12.4 Å². The van der Waals surface area contributed by atoms with Gasteiger partial charge >= 0.3 is 0 Å². The smallest absolute Gasteiger partial charge is 0.241 e. The third-order valence-corrected chi connectivity index (χ3v) is 5.32. The summed E-state index contributed by atoms with van der Waals surface area (Å²) < 4.78 is 24.8. The maximum atomic E-state index is 11.6. The average molecular weight is 329 g/mol. The van der Waals surface area contributed by atoms with E-state index in [4.69, 9.17) is 11.6 Å². The molecule has 3 heterocycles. The van der Waals surface area contributed by atoms with Gasteiger partial charge in [-0.1, -0.05) is 0 Å². The van der Waals surface area contributed by atoms with E-state index < -0.39 is 15.4 Å². The van der Waals surface area contributed by atoms with Gasteiger partial charge in [-0.2, -0.15) is 15.0 Å². The highest BCUT2D eigenvalue weighted by Crippen LogP contribution is 2.26. The van der Waals surface area contributed by atoms with Crippen LogP contribution in [0.15, 0.2) is 18.7 Å². The fraction of sp³-hybridized carbons (Fsp3) is 0.455. The summed E-state index contributed by atoms with van der Waals surface area (Å²) in [6.07, 6.45) is 5.31. The Hall–Kier alpha value is -1.74. The highest BCUT2D eigenvalue weighted by Gasteiger charge is 2.39. The number of halogens is 1. The van der Waals surface area contributed by atoms with Crippen LogP contribution < -0.4 is 5.32 Å². The van der Waals surface area contributed by atoms with Crippen LogP contribution >= 0.6 is 11.6 Å². The van der Waals surface area contributed by atoms with Crippen LogP contribution in [0.25, 0.3) is 5.95 Å². The van der Waals surface area contributed by atoms with E-state index in [2.05, 4.69) is 25.3 Å². The van der Waals surface area contributed by atoms with Gasteiger partial charge in [-0.05, 0) is 24.9 Å². The summed E-state index contributed by atoms with van der Waals surface area (Å²) in [5.74, 6) is 0.769. The lowest BCUT2D eigenvalue weighted by molar-refractivity contribution is 0.568. The van der Waals surface area contributed by atoms with E-state index in [1.54, 1.807) is 17.0 Å². The third-order valence-electron chi connectivity index (χ3n) is 3.25. The molecule has 0 amide bonds. The standard InChI is InChI=1S/C11H13ClN6O2S/c1-11(2-5-21(19,20)6-11)17-9-14-8(12)15-10(16-9)18-4-3-13-7-18/h3-4,7H,2,5-6H2,1H3,(H,14,15,16,17). The lowest BCUT2D eigenvalue weighted by Crippen LogP contribution is -2.36. The van der Waals surface area contributed by atoms with Crippen LogP contribution in [0.2, 0.25) is 5.28 Å². The molecule has 1 unspecified atom stereocenters. The molecule has 10 heteroatoms. The van der Waals surface area contributed by atoms with Gasteiger partial charge in [0.2, 0.25) is 17.2 Å². The number of nitrogens with zero attached hydrogens (tertiary/aromatic N) is 5. The summed E-state index contributed by atoms with van der Waals surface area (Å²) in [7, 11) is -3.02. The second-order valence-electron chi connectivity index (χ2n) is 5.23. The highest BCUT2D eigenvalue weighted by molar-refractivity contribution is 7.91. The van der Waals surface area contributed by atoms with Gasteiger partial charge in [0.15, 0.2) is 9.84 Å². The minimum atomic E-state index is -3.02. The minimum absolute atomic E-state index is 0.0284. The summed E-state index contributed by atoms with van der Waals surface area (Å²) in [5, 5.41) is 3.08. The molecule has 1 N–H and O–H groups in total. The highest BCUT2D eigenvalue weighted by atomic mass is 35.5. The predicted molar refractivity (Wildman–Crippen MR) is 77.3 cm³/mol. The third kappa shape index (κ3) is 3.13. The van der Waals surface area contributed by atoms with Crippen LogP contribution in [0.1, 0.15) is 13.3 Å². The van der Waals surface area contributed by atoms with Crippen molar-refractivity contribution < 1.29 is 8.42 Å². The van der Waals surface area contributed by atoms with E-state index in [-0.39, 0.29) is 22.7 Å². The number of anilines is 1. The van der Waals surface area contributed by atoms with Crippen molar-refractivity contribution in [1.29, 1.82) is 0 Å². The van der Waals surface area contributed by atoms with Crippen molar-refractivity contribution in [3.63, 3.8) is 0 Å². The molecule has 1 aliphatic heterocycles. The van der Waals surface area contributed by atoms with Gasteiger partial charge < -0.3 is 5.32 Å². The molecule has 0 aliphatic carbocycles. The molecule has 0 aromatic carbocycles. The molecule has 1 atom stereocenters. The molecule has 0 radical (unpaired) electrons. The number of imidazole rings is 1. The molecular formula is C11H13ClN6O2S. The van der Waals surface area contributed by atoms with Crippen molar-refractivity contribution >= 4 is 27.4 Å². The molecule has 112 valence electrons. The first kappa shape index (κ1) is 14.2. The first-order valence-electron chi connectivity index (χ1n) is 6.24. The zero-order valence-corrected chi connectivity index (χ0v) is 12.8. The Balaban J connectivity index is 1.90. The Bertz CT molecular complexity index is 763. The summed E-state index contributed by atoms with van der Waals surface area (Å²) >= 11 is 5.90. The van der Waals surface area contributed by atoms with Gasteiger partial charge in [-0.15, -0.1) is 0 Å². The quantitative estimate of drug-likeness (QED) is 0.884. The van der Waals surface area contributed by atoms with Gasteiger partial charge in [-0.3, -0.25) is 4.57 Å². The Kier molecular flexibility index (Phi) is 3.33. The molecule has 1 fully saturated rings. The SMILES string of the molecule is CC1(Nc2nc(Cl)nc(-n3ccnc3)n2)CCS(=O)(=O)C1. The largest absolute Gasteiger partial charge is 0.348 e. The summed E-state index contributed by atoms with van der Waals surface area (Å²) in [5.41, 5.74) is -0.601. The monoisotopic (exact) mass is 328 g/mol. The maximum Gasteiger partial charge on any atom is 0.241 e. The number of sulfone groups is 1. The fourth-order valence-corrected chi connectivity index (χ4v) is 4.52. The Morgan fingerprint density at radius 3 is 2.81 bits per heavy atom. The van der Waals surface area contributed by atoms with Crippen molar-refractivity contribution in [2.24, 2.45) is 0 Å². The van der Waals surface area contributed by atoms with E-state index >= 15 is 0 Å². The van der Waals surface area contributed by atoms with Gasteiger partial charge in [0.05, 0.1) is 17.0 Å². The van der Waals surface area contributed by atoms with Crippen LogP contribution in [-0.4, -0.2) is 50.0 Å². The second-order valence-corrected chi connectivity index (χ2v) is 7.75. The maximum absolute atomic E-state index is 11.6. The molecule has 1 aliphatic rings. The van der Waals surface area contributed by atoms with Crippen molar-refractivity contribution in [3.05, 3.63) is 24.0 Å². The molecular weight excluding hydrogens is 316 g/mol. The predicted octanol–water partition coefficient (Wildman–Crippen LogP) is 0.700. The molecule has 3 rings (SSSR count). The molecule has 0 bridgehead atoms. The Morgan fingerprint density at radius 2 is 2.19 bits per heavy atom. The molecule has 1 saturated heterocycles. The number of hydrogen-bond donors (Lipinski definition) is 1. The van der Waals surface area contributed by atoms with E-state index in [1.807, 2.05) is 6.92 Å². The van der Waals surface area contributed by atoms with Crippen LogP contribution in [0.3, 0.4) is 0 Å². The van der Waals surface area contributed by atoms with Gasteiger partial charge in [0.1, 0.15) is 6.33 Å². The zero-order chi connectivity index (χ0) is 15.1. The second kappa shape index (κ2) is 4.92. The summed E-state index contributed by atoms with van der Waals surface area (Å²) in [6.45, 7) is 1.83. The normalized spacial score (nSPS) is 24.1. The van der Waals surface area contributed by atoms with Crippen molar-refractivity contribution in [2.75, 3.05) is 16.8 Å². The van der Waals surface area contributed by atoms with E-state index in [0.717, 1.165) is 0 Å². The van der Waals surface area contributed by atoms with Crippen molar-refractivity contribution in [3.8, 4) is 5.95 Å². The average Bonchev–Trinajstić information content (AvgIpc) is 2.96. The molecule has 2 aromatic heterocycles. The number of nitrogens with one attached hydrogen (secondary N) is 1. The topological polar surface area (TPSA) is 103 Å². The molecule has 2 aromatic rings. The van der Waals surface area contributed by atoms with E-state index in [0.29, 0.717) is 12.4 Å². The lowest BCUT2D eigenvalue weighted by atomic mass is 10.0. The molecule has 0 saturated carbocycles. The number of hydrogen-bond acceptors (Lipinski definition) is 7. The summed E-state index contributed by atoms with van der Waals surface area (Å²) in [6, 6.07) is 0. The Labute approximate surface area is 126 Å². The van der Waals surface area contributed by atoms with Crippen LogP contribution in [-0.2, 0) is 9.84 Å². The van der Waals surface area contributed by atoms with Crippen molar-refractivity contribution in [2.45, 2.75) is 18.9 Å². The van der Waals surface area contributed by atoms with Crippen LogP contribution in [0.5, 0.6) is 0 Å². The van der Waals surface area contributed by atoms with Crippen LogP contribution in [0.4, 0.5) is 5.95 Å². The zero-order valence-electron chi connectivity index (χ0n) is 11.2. The minimum Gasteiger partial charge on any atom is -0.348 e. The molecule has 8 nitrogen and oxygen atoms in total. The molecule has 21 heavy (non-hydrogen) atoms. The summed E-state index contributed by atoms with van der Waals surface area (Å²) in [4.78, 5) is 16.2. The first-order valence-corrected chi connectivity index (χ1v) is 8.44. The van der Waals surface area contributed by atoms with Gasteiger partial charge in [0.25, 0.3) is 0 Å². The number of rotatable bonds is 3. The molecule has 0 spiro atoms. The van der Waals surface area contributed by atoms with Gasteiger partial charge in [-0.25, -0.2) is 13.4 Å². The lowest BCUT2D eigenvalue weighted by Gasteiger charge is -2.23. The van der Waals surface area contributed by atoms with Crippen LogP contribution in [0, 0.1) is 0 Å². The number of aromatic nitrogens is 5. The van der Waals surface area contributed by atoms with E-state index in [9.17, 15) is 8.42 Å². The Morgan fingerprint density at radius 1 is 1.38 bits per heavy atom. The van der Waals surface area contributed by atoms with Crippen molar-refractivity contribution in [1.82, 2.24) is 24.5 Å².